The maximum absolute atomic E-state index is 13.0. The van der Waals surface area contributed by atoms with Crippen molar-refractivity contribution >= 4 is 38.2 Å². The molecule has 0 aliphatic rings. The van der Waals surface area contributed by atoms with E-state index in [9.17, 15) is 4.79 Å². The highest BCUT2D eigenvalue weighted by Gasteiger charge is 2.11. The van der Waals surface area contributed by atoms with E-state index in [-0.39, 0.29) is 5.91 Å². The topological polar surface area (TPSA) is 43.6 Å². The second-order valence-corrected chi connectivity index (χ2v) is 7.45. The molecule has 0 aliphatic heterocycles. The van der Waals surface area contributed by atoms with E-state index < -0.39 is 0 Å². The third kappa shape index (κ3) is 3.44. The SMILES string of the molecule is COCCn1c(=NC(=O)c2cccc3ccccc23)sc2cc(C)ccc21. The summed E-state index contributed by atoms with van der Waals surface area (Å²) in [6, 6.07) is 19.9. The number of benzene rings is 3. The van der Waals surface area contributed by atoms with Crippen molar-refractivity contribution in [2.75, 3.05) is 13.7 Å². The van der Waals surface area contributed by atoms with Gasteiger partial charge in [-0.3, -0.25) is 4.79 Å². The Kier molecular flexibility index (Phi) is 4.88. The van der Waals surface area contributed by atoms with E-state index in [0.717, 1.165) is 21.0 Å². The highest BCUT2D eigenvalue weighted by molar-refractivity contribution is 7.16. The fourth-order valence-corrected chi connectivity index (χ4v) is 4.38. The fourth-order valence-electron chi connectivity index (χ4n) is 3.22. The van der Waals surface area contributed by atoms with Crippen molar-refractivity contribution in [2.24, 2.45) is 4.99 Å². The number of rotatable bonds is 4. The van der Waals surface area contributed by atoms with Crippen molar-refractivity contribution in [1.82, 2.24) is 4.57 Å². The summed E-state index contributed by atoms with van der Waals surface area (Å²) in [5.74, 6) is -0.221. The van der Waals surface area contributed by atoms with Crippen LogP contribution in [0.15, 0.2) is 65.7 Å². The summed E-state index contributed by atoms with van der Waals surface area (Å²) in [5, 5.41) is 1.96. The van der Waals surface area contributed by atoms with Crippen LogP contribution in [0, 0.1) is 6.92 Å². The first-order chi connectivity index (χ1) is 13.2. The maximum atomic E-state index is 13.0. The number of ether oxygens (including phenoxy) is 1. The molecule has 0 bridgehead atoms. The number of methoxy groups -OCH3 is 1. The Hall–Kier alpha value is -2.76. The van der Waals surface area contributed by atoms with Gasteiger partial charge in [-0.25, -0.2) is 0 Å². The van der Waals surface area contributed by atoms with Gasteiger partial charge >= 0.3 is 0 Å². The number of fused-ring (bicyclic) bond motifs is 2. The zero-order chi connectivity index (χ0) is 18.8. The minimum atomic E-state index is -0.221. The molecule has 1 amide bonds. The summed E-state index contributed by atoms with van der Waals surface area (Å²) >= 11 is 1.54. The van der Waals surface area contributed by atoms with Crippen LogP contribution in [0.4, 0.5) is 0 Å². The summed E-state index contributed by atoms with van der Waals surface area (Å²) in [4.78, 5) is 18.2. The van der Waals surface area contributed by atoms with Crippen molar-refractivity contribution in [3.8, 4) is 0 Å². The molecule has 0 saturated carbocycles. The number of carbonyl (C=O) groups is 1. The van der Waals surface area contributed by atoms with Crippen LogP contribution >= 0.6 is 11.3 Å². The lowest BCUT2D eigenvalue weighted by molar-refractivity contribution is 0.0999. The predicted octanol–water partition coefficient (Wildman–Crippen LogP) is 4.55. The summed E-state index contributed by atoms with van der Waals surface area (Å²) in [6.07, 6.45) is 0. The number of aromatic nitrogens is 1. The van der Waals surface area contributed by atoms with E-state index >= 15 is 0 Å². The van der Waals surface area contributed by atoms with Gasteiger partial charge in [-0.05, 0) is 41.5 Å². The molecule has 5 heteroatoms. The van der Waals surface area contributed by atoms with Gasteiger partial charge < -0.3 is 9.30 Å². The largest absolute Gasteiger partial charge is 0.383 e. The summed E-state index contributed by atoms with van der Waals surface area (Å²) < 4.78 is 8.43. The maximum Gasteiger partial charge on any atom is 0.280 e. The number of hydrogen-bond donors (Lipinski definition) is 0. The first kappa shape index (κ1) is 17.6. The fraction of sp³-hybridized carbons (Fsp3) is 0.182. The number of carbonyl (C=O) groups excluding carboxylic acids is 1. The molecule has 1 aromatic heterocycles. The van der Waals surface area contributed by atoms with Gasteiger partial charge in [0.2, 0.25) is 0 Å². The molecule has 4 aromatic rings. The molecule has 1 heterocycles. The molecule has 4 nitrogen and oxygen atoms in total. The molecule has 136 valence electrons. The van der Waals surface area contributed by atoms with Gasteiger partial charge in [-0.1, -0.05) is 53.8 Å². The van der Waals surface area contributed by atoms with Crippen molar-refractivity contribution in [1.29, 1.82) is 0 Å². The summed E-state index contributed by atoms with van der Waals surface area (Å²) in [5.41, 5.74) is 2.89. The number of nitrogens with zero attached hydrogens (tertiary/aromatic N) is 2. The molecule has 0 atom stereocenters. The van der Waals surface area contributed by atoms with Crippen molar-refractivity contribution in [3.63, 3.8) is 0 Å². The highest BCUT2D eigenvalue weighted by Crippen LogP contribution is 2.21. The van der Waals surface area contributed by atoms with Gasteiger partial charge in [-0.15, -0.1) is 0 Å². The van der Waals surface area contributed by atoms with Gasteiger partial charge in [0, 0.05) is 19.2 Å². The highest BCUT2D eigenvalue weighted by atomic mass is 32.1. The number of aryl methyl sites for hydroxylation is 1. The van der Waals surface area contributed by atoms with E-state index in [4.69, 9.17) is 4.74 Å². The molecular formula is C22H20N2O2S. The molecule has 0 radical (unpaired) electrons. The normalized spacial score (nSPS) is 12.1. The average Bonchev–Trinajstić information content (AvgIpc) is 3.01. The van der Waals surface area contributed by atoms with Crippen LogP contribution in [0.1, 0.15) is 15.9 Å². The van der Waals surface area contributed by atoms with E-state index in [1.165, 1.54) is 16.9 Å². The summed E-state index contributed by atoms with van der Waals surface area (Å²) in [6.45, 7) is 3.29. The molecular weight excluding hydrogens is 356 g/mol. The second-order valence-electron chi connectivity index (χ2n) is 6.44. The Labute approximate surface area is 161 Å². The monoisotopic (exact) mass is 376 g/mol. The van der Waals surface area contributed by atoms with Crippen LogP contribution in [-0.4, -0.2) is 24.2 Å². The molecule has 0 spiro atoms. The Morgan fingerprint density at radius 1 is 1.11 bits per heavy atom. The predicted molar refractivity (Wildman–Crippen MR) is 110 cm³/mol. The lowest BCUT2D eigenvalue weighted by atomic mass is 10.0. The molecule has 0 fully saturated rings. The lowest BCUT2D eigenvalue weighted by Gasteiger charge is -2.05. The Bertz CT molecular complexity index is 1200. The zero-order valence-corrected chi connectivity index (χ0v) is 16.1. The van der Waals surface area contributed by atoms with Gasteiger partial charge in [0.15, 0.2) is 4.80 Å². The van der Waals surface area contributed by atoms with Gasteiger partial charge in [0.1, 0.15) is 0 Å². The third-order valence-electron chi connectivity index (χ3n) is 4.57. The Morgan fingerprint density at radius 3 is 2.78 bits per heavy atom. The van der Waals surface area contributed by atoms with Crippen LogP contribution in [0.3, 0.4) is 0 Å². The van der Waals surface area contributed by atoms with Gasteiger partial charge in [-0.2, -0.15) is 4.99 Å². The van der Waals surface area contributed by atoms with Gasteiger partial charge in [0.05, 0.1) is 16.8 Å². The van der Waals surface area contributed by atoms with E-state index in [1.807, 2.05) is 42.5 Å². The van der Waals surface area contributed by atoms with Crippen LogP contribution < -0.4 is 4.80 Å². The second kappa shape index (κ2) is 7.47. The average molecular weight is 376 g/mol. The molecule has 3 aromatic carbocycles. The molecule has 0 unspecified atom stereocenters. The van der Waals surface area contributed by atoms with Crippen LogP contribution in [0.5, 0.6) is 0 Å². The zero-order valence-electron chi connectivity index (χ0n) is 15.3. The van der Waals surface area contributed by atoms with Crippen LogP contribution in [-0.2, 0) is 11.3 Å². The van der Waals surface area contributed by atoms with Crippen LogP contribution in [0.25, 0.3) is 21.0 Å². The Balaban J connectivity index is 1.87. The minimum absolute atomic E-state index is 0.221. The van der Waals surface area contributed by atoms with E-state index in [2.05, 4.69) is 34.7 Å². The summed E-state index contributed by atoms with van der Waals surface area (Å²) in [7, 11) is 1.68. The van der Waals surface area contributed by atoms with Gasteiger partial charge in [0.25, 0.3) is 5.91 Å². The van der Waals surface area contributed by atoms with E-state index in [1.54, 1.807) is 7.11 Å². The number of thiazole rings is 1. The Morgan fingerprint density at radius 2 is 1.93 bits per heavy atom. The quantitative estimate of drug-likeness (QED) is 0.524. The van der Waals surface area contributed by atoms with Crippen molar-refractivity contribution in [2.45, 2.75) is 13.5 Å². The first-order valence-electron chi connectivity index (χ1n) is 8.83. The molecule has 0 N–H and O–H groups in total. The van der Waals surface area contributed by atoms with Crippen LogP contribution in [0.2, 0.25) is 0 Å². The molecule has 0 aliphatic carbocycles. The van der Waals surface area contributed by atoms with Crippen molar-refractivity contribution < 1.29 is 9.53 Å². The number of amides is 1. The first-order valence-corrected chi connectivity index (χ1v) is 9.65. The smallest absolute Gasteiger partial charge is 0.280 e. The molecule has 4 rings (SSSR count). The minimum Gasteiger partial charge on any atom is -0.383 e. The van der Waals surface area contributed by atoms with Crippen molar-refractivity contribution in [3.05, 3.63) is 76.6 Å². The third-order valence-corrected chi connectivity index (χ3v) is 5.62. The molecule has 27 heavy (non-hydrogen) atoms. The standard InChI is InChI=1S/C22H20N2O2S/c1-15-10-11-19-20(14-15)27-22(24(19)12-13-26-2)23-21(25)18-9-5-7-16-6-3-4-8-17(16)18/h3-11,14H,12-13H2,1-2H3. The lowest BCUT2D eigenvalue weighted by Crippen LogP contribution is -2.19. The molecule has 0 saturated heterocycles. The number of hydrogen-bond acceptors (Lipinski definition) is 3. The van der Waals surface area contributed by atoms with E-state index in [0.29, 0.717) is 23.5 Å².